The van der Waals surface area contributed by atoms with Crippen LogP contribution in [0.4, 0.5) is 0 Å². The van der Waals surface area contributed by atoms with Crippen LogP contribution in [-0.4, -0.2) is 60.6 Å². The molecule has 170 valence electrons. The molecule has 31 heavy (non-hydrogen) atoms. The summed E-state index contributed by atoms with van der Waals surface area (Å²) in [4.78, 5) is 9.38. The van der Waals surface area contributed by atoms with Gasteiger partial charge in [0.05, 0.1) is 17.2 Å². The van der Waals surface area contributed by atoms with Gasteiger partial charge in [0.25, 0.3) is 0 Å². The standard InChI is InChI=1S/C21H32N6O3S/c1-4-16(15-31(28,29)18-9-7-6-8-10-18)23-21(22-5-2)24-17-11-12-20-25-19(14-30-3)26-27(20)13-17/h6-10,16-17H,4-5,11-15H2,1-3H3,(H2,22,23,24). The molecule has 0 saturated heterocycles. The highest BCUT2D eigenvalue weighted by molar-refractivity contribution is 7.91. The number of guanidine groups is 1. The van der Waals surface area contributed by atoms with Gasteiger partial charge in [0.2, 0.25) is 0 Å². The van der Waals surface area contributed by atoms with Crippen molar-refractivity contribution < 1.29 is 13.2 Å². The number of nitrogens with one attached hydrogen (secondary N) is 2. The Bertz CT molecular complexity index is 974. The Balaban J connectivity index is 1.64. The number of rotatable bonds is 9. The zero-order chi connectivity index (χ0) is 22.3. The Hall–Kier alpha value is -2.46. The highest BCUT2D eigenvalue weighted by Gasteiger charge is 2.25. The van der Waals surface area contributed by atoms with E-state index in [0.717, 1.165) is 18.7 Å². The van der Waals surface area contributed by atoms with E-state index in [2.05, 4.69) is 25.7 Å². The van der Waals surface area contributed by atoms with Gasteiger partial charge >= 0.3 is 0 Å². The predicted molar refractivity (Wildman–Crippen MR) is 120 cm³/mol. The number of sulfone groups is 1. The highest BCUT2D eigenvalue weighted by Crippen LogP contribution is 2.15. The van der Waals surface area contributed by atoms with Crippen molar-refractivity contribution in [2.45, 2.75) is 63.2 Å². The van der Waals surface area contributed by atoms with Crippen LogP contribution >= 0.6 is 0 Å². The lowest BCUT2D eigenvalue weighted by Crippen LogP contribution is -2.51. The van der Waals surface area contributed by atoms with Gasteiger partial charge in [0.15, 0.2) is 21.6 Å². The molecule has 2 heterocycles. The summed E-state index contributed by atoms with van der Waals surface area (Å²) in [6, 6.07) is 8.45. The fourth-order valence-electron chi connectivity index (χ4n) is 3.60. The summed E-state index contributed by atoms with van der Waals surface area (Å²) in [7, 11) is -1.76. The lowest BCUT2D eigenvalue weighted by atomic mass is 10.1. The van der Waals surface area contributed by atoms with Crippen molar-refractivity contribution in [2.24, 2.45) is 4.99 Å². The number of aryl methyl sites for hydroxylation is 1. The Morgan fingerprint density at radius 1 is 1.32 bits per heavy atom. The quantitative estimate of drug-likeness (QED) is 0.442. The van der Waals surface area contributed by atoms with E-state index < -0.39 is 9.84 Å². The van der Waals surface area contributed by atoms with Crippen molar-refractivity contribution in [1.82, 2.24) is 25.4 Å². The molecule has 10 heteroatoms. The first kappa shape index (κ1) is 23.2. The number of hydrogen-bond acceptors (Lipinski definition) is 6. The van der Waals surface area contributed by atoms with Gasteiger partial charge in [-0.05, 0) is 31.9 Å². The van der Waals surface area contributed by atoms with Gasteiger partial charge in [-0.15, -0.1) is 0 Å². The van der Waals surface area contributed by atoms with E-state index in [9.17, 15) is 8.42 Å². The lowest BCUT2D eigenvalue weighted by molar-refractivity contribution is 0.177. The van der Waals surface area contributed by atoms with Crippen molar-refractivity contribution in [3.05, 3.63) is 42.0 Å². The summed E-state index contributed by atoms with van der Waals surface area (Å²) >= 11 is 0. The summed E-state index contributed by atoms with van der Waals surface area (Å²) in [6.07, 6.45) is 2.37. The molecule has 0 amide bonds. The van der Waals surface area contributed by atoms with Crippen molar-refractivity contribution in [1.29, 1.82) is 0 Å². The van der Waals surface area contributed by atoms with Crippen molar-refractivity contribution in [3.8, 4) is 0 Å². The summed E-state index contributed by atoms with van der Waals surface area (Å²) in [6.45, 7) is 5.60. The molecular formula is C21H32N6O3S. The highest BCUT2D eigenvalue weighted by atomic mass is 32.2. The van der Waals surface area contributed by atoms with E-state index >= 15 is 0 Å². The van der Waals surface area contributed by atoms with Gasteiger partial charge in [-0.3, -0.25) is 4.99 Å². The van der Waals surface area contributed by atoms with Gasteiger partial charge in [-0.2, -0.15) is 5.10 Å². The molecule has 0 aliphatic carbocycles. The molecule has 2 unspecified atom stereocenters. The van der Waals surface area contributed by atoms with Crippen LogP contribution in [0.3, 0.4) is 0 Å². The predicted octanol–water partition coefficient (Wildman–Crippen LogP) is 1.55. The zero-order valence-corrected chi connectivity index (χ0v) is 19.2. The third-order valence-electron chi connectivity index (χ3n) is 5.19. The molecule has 0 fully saturated rings. The second kappa shape index (κ2) is 10.7. The van der Waals surface area contributed by atoms with Crippen molar-refractivity contribution >= 4 is 15.8 Å². The average molecular weight is 449 g/mol. The fourth-order valence-corrected chi connectivity index (χ4v) is 5.21. The molecule has 0 spiro atoms. The number of nitrogens with zero attached hydrogens (tertiary/aromatic N) is 4. The number of benzene rings is 1. The molecule has 3 rings (SSSR count). The Labute approximate surface area is 184 Å². The molecule has 0 radical (unpaired) electrons. The number of methoxy groups -OCH3 is 1. The van der Waals surface area contributed by atoms with E-state index in [-0.39, 0.29) is 17.8 Å². The van der Waals surface area contributed by atoms with Crippen LogP contribution in [0.5, 0.6) is 0 Å². The van der Waals surface area contributed by atoms with Gasteiger partial charge in [-0.1, -0.05) is 25.1 Å². The summed E-state index contributed by atoms with van der Waals surface area (Å²) in [5, 5.41) is 11.3. The van der Waals surface area contributed by atoms with E-state index in [4.69, 9.17) is 4.74 Å². The van der Waals surface area contributed by atoms with Gasteiger partial charge in [0, 0.05) is 32.2 Å². The molecule has 1 aliphatic rings. The monoisotopic (exact) mass is 448 g/mol. The molecule has 2 N–H and O–H groups in total. The summed E-state index contributed by atoms with van der Waals surface area (Å²) < 4.78 is 32.6. The van der Waals surface area contributed by atoms with E-state index in [1.807, 2.05) is 24.6 Å². The number of aliphatic imine (C=N–C) groups is 1. The third-order valence-corrected chi connectivity index (χ3v) is 7.02. The zero-order valence-electron chi connectivity index (χ0n) is 18.4. The topological polar surface area (TPSA) is 110 Å². The first-order chi connectivity index (χ1) is 14.9. The Morgan fingerprint density at radius 3 is 2.77 bits per heavy atom. The molecule has 1 aromatic heterocycles. The van der Waals surface area contributed by atoms with Crippen LogP contribution in [0.25, 0.3) is 0 Å². The van der Waals surface area contributed by atoms with E-state index in [0.29, 0.717) is 42.8 Å². The molecule has 0 saturated carbocycles. The van der Waals surface area contributed by atoms with Crippen LogP contribution in [0.1, 0.15) is 38.3 Å². The molecule has 2 aromatic rings. The van der Waals surface area contributed by atoms with Gasteiger partial charge in [-0.25, -0.2) is 18.1 Å². The maximum absolute atomic E-state index is 12.8. The summed E-state index contributed by atoms with van der Waals surface area (Å²) in [5.74, 6) is 2.29. The first-order valence-electron chi connectivity index (χ1n) is 10.7. The molecule has 0 bridgehead atoms. The van der Waals surface area contributed by atoms with Gasteiger partial charge < -0.3 is 15.4 Å². The molecular weight excluding hydrogens is 416 g/mol. The number of fused-ring (bicyclic) bond motifs is 1. The Morgan fingerprint density at radius 2 is 2.10 bits per heavy atom. The van der Waals surface area contributed by atoms with Crippen molar-refractivity contribution in [3.63, 3.8) is 0 Å². The minimum atomic E-state index is -3.39. The molecule has 1 aromatic carbocycles. The summed E-state index contributed by atoms with van der Waals surface area (Å²) in [5.41, 5.74) is 0. The number of ether oxygens (including phenoxy) is 1. The second-order valence-electron chi connectivity index (χ2n) is 7.61. The maximum Gasteiger partial charge on any atom is 0.191 e. The maximum atomic E-state index is 12.8. The molecule has 9 nitrogen and oxygen atoms in total. The number of hydrogen-bond donors (Lipinski definition) is 2. The smallest absolute Gasteiger partial charge is 0.191 e. The van der Waals surface area contributed by atoms with E-state index in [1.165, 1.54) is 0 Å². The van der Waals surface area contributed by atoms with Crippen molar-refractivity contribution in [2.75, 3.05) is 19.4 Å². The normalized spacial score (nSPS) is 17.8. The van der Waals surface area contributed by atoms with Crippen LogP contribution in [0.15, 0.2) is 40.2 Å². The van der Waals surface area contributed by atoms with Gasteiger partial charge in [0.1, 0.15) is 12.4 Å². The lowest BCUT2D eigenvalue weighted by Gasteiger charge is -2.27. The first-order valence-corrected chi connectivity index (χ1v) is 12.4. The fraction of sp³-hybridized carbons (Fsp3) is 0.571. The van der Waals surface area contributed by atoms with Crippen LogP contribution in [0, 0.1) is 0 Å². The minimum absolute atomic E-state index is 0.0101. The Kier molecular flexibility index (Phi) is 8.03. The van der Waals surface area contributed by atoms with Crippen LogP contribution in [0.2, 0.25) is 0 Å². The SMILES string of the molecule is CCN=C(NC1CCc2nc(COC)nn2C1)NC(CC)CS(=O)(=O)c1ccccc1. The minimum Gasteiger partial charge on any atom is -0.377 e. The molecule has 1 aliphatic heterocycles. The van der Waals surface area contributed by atoms with Crippen LogP contribution < -0.4 is 10.6 Å². The van der Waals surface area contributed by atoms with Crippen LogP contribution in [-0.2, 0) is 34.1 Å². The largest absolute Gasteiger partial charge is 0.377 e. The average Bonchev–Trinajstić information content (AvgIpc) is 3.16. The molecule has 2 atom stereocenters. The number of aromatic nitrogens is 3. The second-order valence-corrected chi connectivity index (χ2v) is 9.64. The van der Waals surface area contributed by atoms with E-state index in [1.54, 1.807) is 31.4 Å². The third kappa shape index (κ3) is 6.27.